The predicted molar refractivity (Wildman–Crippen MR) is 94.6 cm³/mol. The van der Waals surface area contributed by atoms with Gasteiger partial charge in [-0.1, -0.05) is 18.2 Å². The second kappa shape index (κ2) is 6.38. The summed E-state index contributed by atoms with van der Waals surface area (Å²) in [5.41, 5.74) is 4.58. The van der Waals surface area contributed by atoms with Crippen LogP contribution in [0.3, 0.4) is 0 Å². The zero-order valence-corrected chi connectivity index (χ0v) is 14.1. The molecule has 1 N–H and O–H groups in total. The molecule has 0 saturated carbocycles. The first-order chi connectivity index (χ1) is 11.1. The second-order valence-corrected chi connectivity index (χ2v) is 6.14. The molecule has 0 amide bonds. The number of rotatable bonds is 5. The predicted octanol–water partition coefficient (Wildman–Crippen LogP) is 2.99. The maximum absolute atomic E-state index is 4.50. The van der Waals surface area contributed by atoms with Crippen LogP contribution in [0, 0.1) is 6.92 Å². The molecule has 120 valence electrons. The van der Waals surface area contributed by atoms with Gasteiger partial charge in [-0.05, 0) is 32.6 Å². The van der Waals surface area contributed by atoms with Crippen LogP contribution in [0.25, 0.3) is 10.9 Å². The summed E-state index contributed by atoms with van der Waals surface area (Å²) in [6, 6.07) is 8.59. The van der Waals surface area contributed by atoms with Gasteiger partial charge in [-0.3, -0.25) is 9.67 Å². The highest BCUT2D eigenvalue weighted by Gasteiger charge is 2.16. The van der Waals surface area contributed by atoms with E-state index in [4.69, 9.17) is 0 Å². The Morgan fingerprint density at radius 3 is 2.78 bits per heavy atom. The number of benzene rings is 1. The van der Waals surface area contributed by atoms with E-state index in [2.05, 4.69) is 65.7 Å². The van der Waals surface area contributed by atoms with Crippen molar-refractivity contribution in [2.24, 2.45) is 7.05 Å². The number of pyridine rings is 1. The molecule has 0 radical (unpaired) electrons. The van der Waals surface area contributed by atoms with E-state index < -0.39 is 0 Å². The first kappa shape index (κ1) is 15.5. The van der Waals surface area contributed by atoms with Crippen LogP contribution < -0.4 is 5.32 Å². The molecule has 0 aliphatic rings. The molecule has 1 unspecified atom stereocenters. The second-order valence-electron chi connectivity index (χ2n) is 6.14. The number of para-hydroxylation sites is 1. The van der Waals surface area contributed by atoms with Crippen molar-refractivity contribution < 1.29 is 0 Å². The topological polar surface area (TPSA) is 46.0 Å². The third-order valence-corrected chi connectivity index (χ3v) is 4.19. The smallest absolute Gasteiger partial charge is 0.0751 e. The maximum Gasteiger partial charge on any atom is 0.0751 e. The molecule has 0 bridgehead atoms. The zero-order chi connectivity index (χ0) is 16.4. The van der Waals surface area contributed by atoms with E-state index in [9.17, 15) is 0 Å². The van der Waals surface area contributed by atoms with E-state index in [1.807, 2.05) is 30.2 Å². The third kappa shape index (κ3) is 3.19. The Morgan fingerprint density at radius 2 is 2.09 bits per heavy atom. The molecule has 2 heterocycles. The van der Waals surface area contributed by atoms with Crippen molar-refractivity contribution in [3.63, 3.8) is 0 Å². The number of anilines is 1. The minimum atomic E-state index is 0.261. The number of likely N-dealkylation sites (N-methyl/N-ethyl adjacent to an activating group) is 1. The van der Waals surface area contributed by atoms with Gasteiger partial charge in [0, 0.05) is 42.6 Å². The Labute approximate surface area is 136 Å². The number of hydrogen-bond acceptors (Lipinski definition) is 4. The van der Waals surface area contributed by atoms with Gasteiger partial charge in [-0.15, -0.1) is 0 Å². The van der Waals surface area contributed by atoms with Crippen LogP contribution in [-0.4, -0.2) is 40.3 Å². The molecule has 5 nitrogen and oxygen atoms in total. The Morgan fingerprint density at radius 1 is 1.26 bits per heavy atom. The van der Waals surface area contributed by atoms with Gasteiger partial charge in [0.25, 0.3) is 0 Å². The lowest BCUT2D eigenvalue weighted by Gasteiger charge is -2.24. The van der Waals surface area contributed by atoms with E-state index in [0.29, 0.717) is 0 Å². The minimum absolute atomic E-state index is 0.261. The highest BCUT2D eigenvalue weighted by Crippen LogP contribution is 2.25. The molecule has 1 aromatic carbocycles. The Kier molecular flexibility index (Phi) is 4.30. The molecule has 0 fully saturated rings. The number of nitrogens with zero attached hydrogens (tertiary/aromatic N) is 4. The van der Waals surface area contributed by atoms with Crippen molar-refractivity contribution >= 4 is 16.6 Å². The molecular weight excluding hydrogens is 286 g/mol. The molecule has 2 aromatic heterocycles. The van der Waals surface area contributed by atoms with Gasteiger partial charge in [0.1, 0.15) is 0 Å². The molecule has 0 spiro atoms. The van der Waals surface area contributed by atoms with Gasteiger partial charge in [-0.25, -0.2) is 0 Å². The molecule has 0 aliphatic heterocycles. The fourth-order valence-electron chi connectivity index (χ4n) is 2.90. The molecule has 3 aromatic rings. The molecule has 0 aliphatic carbocycles. The van der Waals surface area contributed by atoms with E-state index in [0.717, 1.165) is 23.1 Å². The molecule has 0 saturated heterocycles. The van der Waals surface area contributed by atoms with Crippen LogP contribution in [0.4, 0.5) is 5.69 Å². The summed E-state index contributed by atoms with van der Waals surface area (Å²) in [7, 11) is 6.13. The van der Waals surface area contributed by atoms with Crippen LogP contribution >= 0.6 is 0 Å². The van der Waals surface area contributed by atoms with Gasteiger partial charge in [0.05, 0.1) is 17.8 Å². The molecular formula is C18H23N5. The highest BCUT2D eigenvalue weighted by molar-refractivity contribution is 5.92. The van der Waals surface area contributed by atoms with E-state index in [-0.39, 0.29) is 6.04 Å². The van der Waals surface area contributed by atoms with Crippen molar-refractivity contribution in [3.05, 3.63) is 54.0 Å². The fraction of sp³-hybridized carbons (Fsp3) is 0.333. The van der Waals surface area contributed by atoms with E-state index in [1.54, 1.807) is 0 Å². The van der Waals surface area contributed by atoms with Gasteiger partial charge in [0.15, 0.2) is 0 Å². The van der Waals surface area contributed by atoms with Crippen LogP contribution in [0.15, 0.2) is 42.9 Å². The van der Waals surface area contributed by atoms with Gasteiger partial charge in [-0.2, -0.15) is 5.10 Å². The summed E-state index contributed by atoms with van der Waals surface area (Å²) in [6.07, 6.45) is 5.87. The number of aryl methyl sites for hydroxylation is 2. The first-order valence-corrected chi connectivity index (χ1v) is 7.79. The Hall–Kier alpha value is -2.40. The first-order valence-electron chi connectivity index (χ1n) is 7.79. The Bertz CT molecular complexity index is 806. The van der Waals surface area contributed by atoms with Crippen molar-refractivity contribution in [3.8, 4) is 0 Å². The molecule has 5 heteroatoms. The van der Waals surface area contributed by atoms with E-state index >= 15 is 0 Å². The maximum atomic E-state index is 4.50. The molecule has 1 atom stereocenters. The largest absolute Gasteiger partial charge is 0.383 e. The zero-order valence-electron chi connectivity index (χ0n) is 14.1. The summed E-state index contributed by atoms with van der Waals surface area (Å²) in [6.45, 7) is 2.91. The lowest BCUT2D eigenvalue weighted by atomic mass is 10.1. The van der Waals surface area contributed by atoms with Crippen LogP contribution in [0.5, 0.6) is 0 Å². The number of aromatic nitrogens is 3. The number of hydrogen-bond donors (Lipinski definition) is 1. The minimum Gasteiger partial charge on any atom is -0.383 e. The average Bonchev–Trinajstić information content (AvgIpc) is 2.94. The normalized spacial score (nSPS) is 12.7. The summed E-state index contributed by atoms with van der Waals surface area (Å²) in [5, 5.41) is 9.04. The lowest BCUT2D eigenvalue weighted by molar-refractivity contribution is 0.312. The van der Waals surface area contributed by atoms with E-state index in [1.165, 1.54) is 11.1 Å². The summed E-state index contributed by atoms with van der Waals surface area (Å²) >= 11 is 0. The summed E-state index contributed by atoms with van der Waals surface area (Å²) < 4.78 is 1.84. The van der Waals surface area contributed by atoms with Gasteiger partial charge < -0.3 is 10.2 Å². The van der Waals surface area contributed by atoms with Crippen molar-refractivity contribution in [1.29, 1.82) is 0 Å². The SMILES string of the molecule is Cc1cccc2c(NCC(c3cnn(C)c3)N(C)C)ccnc12. The monoisotopic (exact) mass is 309 g/mol. The molecule has 23 heavy (non-hydrogen) atoms. The van der Waals surface area contributed by atoms with Crippen molar-refractivity contribution in [2.45, 2.75) is 13.0 Å². The third-order valence-electron chi connectivity index (χ3n) is 4.19. The standard InChI is InChI=1S/C18H23N5/c1-13-6-5-7-15-16(8-9-19-18(13)15)20-11-17(22(2)3)14-10-21-23(4)12-14/h5-10,12,17H,11H2,1-4H3,(H,19,20). The lowest BCUT2D eigenvalue weighted by Crippen LogP contribution is -2.26. The number of nitrogens with one attached hydrogen (secondary N) is 1. The van der Waals surface area contributed by atoms with Gasteiger partial charge >= 0.3 is 0 Å². The molecule has 3 rings (SSSR count). The quantitative estimate of drug-likeness (QED) is 0.787. The summed E-state index contributed by atoms with van der Waals surface area (Å²) in [5.74, 6) is 0. The average molecular weight is 309 g/mol. The Balaban J connectivity index is 1.86. The summed E-state index contributed by atoms with van der Waals surface area (Å²) in [4.78, 5) is 6.71. The van der Waals surface area contributed by atoms with Crippen LogP contribution in [-0.2, 0) is 7.05 Å². The van der Waals surface area contributed by atoms with Gasteiger partial charge in [0.2, 0.25) is 0 Å². The highest BCUT2D eigenvalue weighted by atomic mass is 15.2. The van der Waals surface area contributed by atoms with Crippen LogP contribution in [0.1, 0.15) is 17.2 Å². The van der Waals surface area contributed by atoms with Crippen molar-refractivity contribution in [2.75, 3.05) is 26.0 Å². The van der Waals surface area contributed by atoms with Crippen molar-refractivity contribution in [1.82, 2.24) is 19.7 Å². The van der Waals surface area contributed by atoms with Crippen LogP contribution in [0.2, 0.25) is 0 Å². The number of fused-ring (bicyclic) bond motifs is 1. The fourth-order valence-corrected chi connectivity index (χ4v) is 2.90.